The predicted molar refractivity (Wildman–Crippen MR) is 79.1 cm³/mol. The van der Waals surface area contributed by atoms with E-state index in [2.05, 4.69) is 24.1 Å². The maximum atomic E-state index is 11.4. The lowest BCUT2D eigenvalue weighted by molar-refractivity contribution is 0.0698. The van der Waals surface area contributed by atoms with Gasteiger partial charge in [-0.05, 0) is 29.9 Å². The Labute approximate surface area is 117 Å². The van der Waals surface area contributed by atoms with Gasteiger partial charge < -0.3 is 10.4 Å². The van der Waals surface area contributed by atoms with Crippen molar-refractivity contribution in [1.82, 2.24) is 4.98 Å². The third-order valence-corrected chi connectivity index (χ3v) is 4.19. The summed E-state index contributed by atoms with van der Waals surface area (Å²) >= 11 is 0. The minimum atomic E-state index is -0.944. The maximum absolute atomic E-state index is 11.4. The summed E-state index contributed by atoms with van der Waals surface area (Å²) in [4.78, 5) is 15.8. The number of aromatic carboxylic acids is 1. The van der Waals surface area contributed by atoms with E-state index >= 15 is 0 Å². The van der Waals surface area contributed by atoms with Crippen molar-refractivity contribution in [3.05, 3.63) is 35.9 Å². The molecule has 1 heterocycles. The normalized spacial score (nSPS) is 19.8. The highest BCUT2D eigenvalue weighted by Crippen LogP contribution is 2.51. The average Bonchev–Trinajstić information content (AvgIpc) is 3.02. The summed E-state index contributed by atoms with van der Waals surface area (Å²) in [6.45, 7) is 5.23. The quantitative estimate of drug-likeness (QED) is 0.894. The van der Waals surface area contributed by atoms with E-state index in [1.165, 1.54) is 6.42 Å². The Hall–Kier alpha value is -2.10. The number of nitrogens with one attached hydrogen (secondary N) is 1. The van der Waals surface area contributed by atoms with Gasteiger partial charge in [-0.1, -0.05) is 32.0 Å². The molecule has 1 aliphatic rings. The van der Waals surface area contributed by atoms with Gasteiger partial charge in [0.2, 0.25) is 0 Å². The molecule has 2 aromatic rings. The van der Waals surface area contributed by atoms with E-state index in [1.54, 1.807) is 6.07 Å². The Morgan fingerprint density at radius 3 is 2.80 bits per heavy atom. The second-order valence-electron chi connectivity index (χ2n) is 6.15. The standard InChI is InChI=1S/C16H18N2O2/c1-16(2)8-11(16)9-17-14-12(15(19)20)7-10-5-3-4-6-13(10)18-14/h3-7,11H,8-9H2,1-2H3,(H,17,18)(H,19,20). The molecule has 0 spiro atoms. The molecule has 20 heavy (non-hydrogen) atoms. The number of pyridine rings is 1. The zero-order valence-corrected chi connectivity index (χ0v) is 11.7. The molecule has 1 aliphatic carbocycles. The van der Waals surface area contributed by atoms with Gasteiger partial charge in [0, 0.05) is 11.9 Å². The molecule has 1 fully saturated rings. The van der Waals surface area contributed by atoms with E-state index in [0.717, 1.165) is 17.4 Å². The molecule has 3 rings (SSSR count). The summed E-state index contributed by atoms with van der Waals surface area (Å²) in [5.74, 6) is 0.122. The third-order valence-electron chi connectivity index (χ3n) is 4.19. The Morgan fingerprint density at radius 1 is 1.45 bits per heavy atom. The van der Waals surface area contributed by atoms with Crippen molar-refractivity contribution in [2.24, 2.45) is 11.3 Å². The van der Waals surface area contributed by atoms with Gasteiger partial charge in [0.1, 0.15) is 11.4 Å². The monoisotopic (exact) mass is 270 g/mol. The molecule has 0 bridgehead atoms. The highest BCUT2D eigenvalue weighted by atomic mass is 16.4. The molecule has 104 valence electrons. The number of carboxylic acids is 1. The van der Waals surface area contributed by atoms with Gasteiger partial charge in [0.25, 0.3) is 0 Å². The molecule has 1 unspecified atom stereocenters. The van der Waals surface area contributed by atoms with Crippen LogP contribution in [0.5, 0.6) is 0 Å². The van der Waals surface area contributed by atoms with Crippen LogP contribution >= 0.6 is 0 Å². The van der Waals surface area contributed by atoms with Crippen LogP contribution in [0.3, 0.4) is 0 Å². The smallest absolute Gasteiger partial charge is 0.339 e. The molecule has 0 saturated heterocycles. The predicted octanol–water partition coefficient (Wildman–Crippen LogP) is 3.39. The fourth-order valence-electron chi connectivity index (χ4n) is 2.56. The Kier molecular flexibility index (Phi) is 2.89. The highest BCUT2D eigenvalue weighted by Gasteiger charge is 2.45. The van der Waals surface area contributed by atoms with Crippen LogP contribution in [0.4, 0.5) is 5.82 Å². The van der Waals surface area contributed by atoms with Gasteiger partial charge in [-0.3, -0.25) is 0 Å². The van der Waals surface area contributed by atoms with Crippen LogP contribution in [0.25, 0.3) is 10.9 Å². The van der Waals surface area contributed by atoms with Crippen molar-refractivity contribution in [2.45, 2.75) is 20.3 Å². The van der Waals surface area contributed by atoms with Crippen LogP contribution < -0.4 is 5.32 Å². The number of aromatic nitrogens is 1. The lowest BCUT2D eigenvalue weighted by Gasteiger charge is -2.11. The average molecular weight is 270 g/mol. The number of para-hydroxylation sites is 1. The topological polar surface area (TPSA) is 62.2 Å². The fraction of sp³-hybridized carbons (Fsp3) is 0.375. The third kappa shape index (κ3) is 2.33. The number of hydrogen-bond donors (Lipinski definition) is 2. The highest BCUT2D eigenvalue weighted by molar-refractivity contribution is 5.98. The number of nitrogens with zero attached hydrogens (tertiary/aromatic N) is 1. The van der Waals surface area contributed by atoms with Gasteiger partial charge in [0.05, 0.1) is 5.52 Å². The van der Waals surface area contributed by atoms with Crippen LogP contribution in [0.1, 0.15) is 30.6 Å². The molecule has 1 aromatic carbocycles. The number of anilines is 1. The molecule has 0 radical (unpaired) electrons. The first-order chi connectivity index (χ1) is 9.47. The fourth-order valence-corrected chi connectivity index (χ4v) is 2.56. The van der Waals surface area contributed by atoms with E-state index in [1.807, 2.05) is 24.3 Å². The molecule has 4 heteroatoms. The second-order valence-corrected chi connectivity index (χ2v) is 6.15. The SMILES string of the molecule is CC1(C)CC1CNc1nc2ccccc2cc1C(=O)O. The van der Waals surface area contributed by atoms with Crippen molar-refractivity contribution >= 4 is 22.7 Å². The van der Waals surface area contributed by atoms with Crippen molar-refractivity contribution in [2.75, 3.05) is 11.9 Å². The Balaban J connectivity index is 1.91. The lowest BCUT2D eigenvalue weighted by Crippen LogP contribution is -2.12. The van der Waals surface area contributed by atoms with Crippen molar-refractivity contribution in [1.29, 1.82) is 0 Å². The summed E-state index contributed by atoms with van der Waals surface area (Å²) in [7, 11) is 0. The Bertz CT molecular complexity index is 679. The number of benzene rings is 1. The number of rotatable bonds is 4. The lowest BCUT2D eigenvalue weighted by atomic mass is 10.1. The van der Waals surface area contributed by atoms with Crippen molar-refractivity contribution in [3.63, 3.8) is 0 Å². The number of carbonyl (C=O) groups is 1. The van der Waals surface area contributed by atoms with Crippen LogP contribution in [-0.4, -0.2) is 22.6 Å². The molecule has 4 nitrogen and oxygen atoms in total. The number of carboxylic acid groups (broad SMARTS) is 1. The van der Waals surface area contributed by atoms with E-state index in [-0.39, 0.29) is 5.56 Å². The molecule has 1 atom stereocenters. The molecular weight excluding hydrogens is 252 g/mol. The van der Waals surface area contributed by atoms with Crippen LogP contribution in [0.2, 0.25) is 0 Å². The van der Waals surface area contributed by atoms with Gasteiger partial charge in [-0.15, -0.1) is 0 Å². The van der Waals surface area contributed by atoms with Crippen LogP contribution in [0.15, 0.2) is 30.3 Å². The van der Waals surface area contributed by atoms with Gasteiger partial charge in [-0.25, -0.2) is 9.78 Å². The summed E-state index contributed by atoms with van der Waals surface area (Å²) in [6, 6.07) is 9.25. The van der Waals surface area contributed by atoms with Gasteiger partial charge >= 0.3 is 5.97 Å². The van der Waals surface area contributed by atoms with Crippen molar-refractivity contribution in [3.8, 4) is 0 Å². The first-order valence-electron chi connectivity index (χ1n) is 6.84. The van der Waals surface area contributed by atoms with Gasteiger partial charge in [0.15, 0.2) is 0 Å². The molecule has 1 aromatic heterocycles. The minimum Gasteiger partial charge on any atom is -0.478 e. The van der Waals surface area contributed by atoms with Gasteiger partial charge in [-0.2, -0.15) is 0 Å². The maximum Gasteiger partial charge on any atom is 0.339 e. The van der Waals surface area contributed by atoms with E-state index < -0.39 is 5.97 Å². The summed E-state index contributed by atoms with van der Waals surface area (Å²) in [5.41, 5.74) is 1.42. The summed E-state index contributed by atoms with van der Waals surface area (Å²) in [6.07, 6.45) is 1.18. The zero-order chi connectivity index (χ0) is 14.3. The zero-order valence-electron chi connectivity index (χ0n) is 11.7. The molecule has 0 amide bonds. The summed E-state index contributed by atoms with van der Waals surface area (Å²) < 4.78 is 0. The number of hydrogen-bond acceptors (Lipinski definition) is 3. The molecule has 0 aliphatic heterocycles. The molecule has 2 N–H and O–H groups in total. The van der Waals surface area contributed by atoms with Crippen molar-refractivity contribution < 1.29 is 9.90 Å². The van der Waals surface area contributed by atoms with Crippen LogP contribution in [-0.2, 0) is 0 Å². The first-order valence-corrected chi connectivity index (χ1v) is 6.84. The minimum absolute atomic E-state index is 0.238. The largest absolute Gasteiger partial charge is 0.478 e. The molecule has 1 saturated carbocycles. The first kappa shape index (κ1) is 12.9. The van der Waals surface area contributed by atoms with E-state index in [9.17, 15) is 9.90 Å². The Morgan fingerprint density at radius 2 is 2.15 bits per heavy atom. The summed E-state index contributed by atoms with van der Waals surface area (Å²) in [5, 5.41) is 13.4. The second kappa shape index (κ2) is 4.47. The van der Waals surface area contributed by atoms with E-state index in [4.69, 9.17) is 0 Å². The number of fused-ring (bicyclic) bond motifs is 1. The van der Waals surface area contributed by atoms with E-state index in [0.29, 0.717) is 17.2 Å². The molecular formula is C16H18N2O2. The van der Waals surface area contributed by atoms with Crippen LogP contribution in [0, 0.1) is 11.3 Å².